The van der Waals surface area contributed by atoms with Crippen LogP contribution in [0.5, 0.6) is 0 Å². The van der Waals surface area contributed by atoms with Crippen molar-refractivity contribution < 1.29 is 4.79 Å². The second-order valence-corrected chi connectivity index (χ2v) is 9.22. The summed E-state index contributed by atoms with van der Waals surface area (Å²) >= 11 is 0. The summed E-state index contributed by atoms with van der Waals surface area (Å²) in [7, 11) is 0. The Balaban J connectivity index is 1.66. The summed E-state index contributed by atoms with van der Waals surface area (Å²) in [6, 6.07) is 16.1. The summed E-state index contributed by atoms with van der Waals surface area (Å²) in [4.78, 5) is 25.4. The maximum Gasteiger partial charge on any atom is 0.329 e. The Hall–Kier alpha value is -3.81. The first kappa shape index (κ1) is 24.3. The number of rotatable bonds is 11. The molecule has 0 spiro atoms. The van der Waals surface area contributed by atoms with Crippen molar-refractivity contribution in [2.45, 2.75) is 59.5 Å². The molecule has 0 saturated carbocycles. The molecule has 0 fully saturated rings. The number of imidazole rings is 1. The van der Waals surface area contributed by atoms with E-state index in [1.807, 2.05) is 48.5 Å². The molecule has 0 saturated heterocycles. The minimum Gasteiger partial charge on any atom is -0.296 e. The lowest BCUT2D eigenvalue weighted by atomic mass is 10.0. The van der Waals surface area contributed by atoms with Crippen LogP contribution in [-0.4, -0.2) is 35.6 Å². The number of aldehydes is 1. The average Bonchev–Trinajstić information content (AvgIpc) is 3.49. The number of hydrogen-bond donors (Lipinski definition) is 0. The molecule has 0 aliphatic carbocycles. The Morgan fingerprint density at radius 1 is 1.03 bits per heavy atom. The summed E-state index contributed by atoms with van der Waals surface area (Å²) in [6.45, 7) is 7.36. The van der Waals surface area contributed by atoms with E-state index in [9.17, 15) is 9.59 Å². The molecule has 35 heavy (non-hydrogen) atoms. The first-order chi connectivity index (χ1) is 17.0. The van der Waals surface area contributed by atoms with Crippen molar-refractivity contribution in [1.82, 2.24) is 29.3 Å². The van der Waals surface area contributed by atoms with Gasteiger partial charge in [0.15, 0.2) is 6.29 Å². The molecule has 8 nitrogen and oxygen atoms in total. The molecular formula is C27H32N6O2. The van der Waals surface area contributed by atoms with Gasteiger partial charge in [0.2, 0.25) is 0 Å². The zero-order chi connectivity index (χ0) is 24.8. The lowest BCUT2D eigenvalue weighted by molar-refractivity contribution is 0.111. The highest BCUT2D eigenvalue weighted by atomic mass is 16.2. The lowest BCUT2D eigenvalue weighted by Crippen LogP contribution is -2.26. The van der Waals surface area contributed by atoms with Gasteiger partial charge >= 0.3 is 5.69 Å². The molecule has 2 aromatic carbocycles. The van der Waals surface area contributed by atoms with Gasteiger partial charge in [0, 0.05) is 12.1 Å². The predicted molar refractivity (Wildman–Crippen MR) is 136 cm³/mol. The second-order valence-electron chi connectivity index (χ2n) is 9.22. The number of tetrazole rings is 1. The van der Waals surface area contributed by atoms with Crippen LogP contribution < -0.4 is 5.69 Å². The Kier molecular flexibility index (Phi) is 7.70. The third-order valence-corrected chi connectivity index (χ3v) is 6.29. The van der Waals surface area contributed by atoms with Gasteiger partial charge in [-0.2, -0.15) is 4.68 Å². The van der Waals surface area contributed by atoms with Crippen molar-refractivity contribution in [3.05, 3.63) is 82.3 Å². The topological polar surface area (TPSA) is 87.6 Å². The third kappa shape index (κ3) is 5.31. The van der Waals surface area contributed by atoms with Gasteiger partial charge in [0.05, 0.1) is 17.9 Å². The van der Waals surface area contributed by atoms with Crippen LogP contribution in [0.15, 0.2) is 59.7 Å². The molecule has 182 valence electrons. The Bertz CT molecular complexity index is 1320. The Labute approximate surface area is 205 Å². The first-order valence-corrected chi connectivity index (χ1v) is 12.2. The first-order valence-electron chi connectivity index (χ1n) is 12.2. The number of carbonyl (C=O) groups excluding carboxylic acids is 1. The summed E-state index contributed by atoms with van der Waals surface area (Å²) in [5, 5.41) is 11.5. The molecule has 0 aliphatic heterocycles. The van der Waals surface area contributed by atoms with E-state index in [-0.39, 0.29) is 5.69 Å². The molecule has 0 bridgehead atoms. The second kappa shape index (κ2) is 11.1. The quantitative estimate of drug-likeness (QED) is 0.299. The number of nitrogens with zero attached hydrogens (tertiary/aromatic N) is 6. The fourth-order valence-corrected chi connectivity index (χ4v) is 4.33. The van der Waals surface area contributed by atoms with E-state index < -0.39 is 0 Å². The summed E-state index contributed by atoms with van der Waals surface area (Å²) < 4.78 is 5.09. The molecule has 4 rings (SSSR count). The highest BCUT2D eigenvalue weighted by Crippen LogP contribution is 2.26. The maximum atomic E-state index is 13.4. The molecule has 0 N–H and O–H groups in total. The third-order valence-electron chi connectivity index (χ3n) is 6.29. The molecule has 0 amide bonds. The van der Waals surface area contributed by atoms with Crippen molar-refractivity contribution >= 4 is 6.29 Å². The van der Waals surface area contributed by atoms with Gasteiger partial charge in [-0.1, -0.05) is 69.7 Å². The van der Waals surface area contributed by atoms with Gasteiger partial charge in [0.1, 0.15) is 12.0 Å². The molecule has 0 unspecified atom stereocenters. The van der Waals surface area contributed by atoms with Gasteiger partial charge in [0.25, 0.3) is 0 Å². The fraction of sp³-hybridized carbons (Fsp3) is 0.370. The minimum atomic E-state index is -0.105. The van der Waals surface area contributed by atoms with Gasteiger partial charge in [-0.15, -0.1) is 5.10 Å². The Morgan fingerprint density at radius 2 is 1.80 bits per heavy atom. The fourth-order valence-electron chi connectivity index (χ4n) is 4.33. The van der Waals surface area contributed by atoms with Crippen LogP contribution in [0.2, 0.25) is 0 Å². The van der Waals surface area contributed by atoms with Crippen LogP contribution >= 0.6 is 0 Å². The summed E-state index contributed by atoms with van der Waals surface area (Å²) in [5.74, 6) is 0.451. The number of carbonyl (C=O) groups is 1. The van der Waals surface area contributed by atoms with Crippen molar-refractivity contribution in [2.75, 3.05) is 0 Å². The number of benzene rings is 2. The smallest absolute Gasteiger partial charge is 0.296 e. The SMILES string of the molecule is CCCCc1c(C=O)n(CCC(C)C)c(=O)n1Cc1ccc(-c2ccccc2-n2cnnn2)cc1. The largest absolute Gasteiger partial charge is 0.329 e. The molecular weight excluding hydrogens is 440 g/mol. The van der Waals surface area contributed by atoms with E-state index in [2.05, 4.69) is 36.3 Å². The molecule has 2 aromatic heterocycles. The lowest BCUT2D eigenvalue weighted by Gasteiger charge is -2.11. The molecule has 8 heteroatoms. The number of aromatic nitrogens is 6. The number of hydrogen-bond acceptors (Lipinski definition) is 5. The molecule has 2 heterocycles. The van der Waals surface area contributed by atoms with Crippen LogP contribution in [0, 0.1) is 5.92 Å². The van der Waals surface area contributed by atoms with Crippen LogP contribution in [0.4, 0.5) is 0 Å². The molecule has 0 aliphatic rings. The van der Waals surface area contributed by atoms with Crippen LogP contribution in [0.1, 0.15) is 61.8 Å². The number of unbranched alkanes of at least 4 members (excludes halogenated alkanes) is 1. The summed E-state index contributed by atoms with van der Waals surface area (Å²) in [6.07, 6.45) is 5.92. The normalized spacial score (nSPS) is 11.3. The van der Waals surface area contributed by atoms with Gasteiger partial charge in [-0.05, 0) is 52.8 Å². The maximum absolute atomic E-state index is 13.4. The highest BCUT2D eigenvalue weighted by Gasteiger charge is 2.19. The Morgan fingerprint density at radius 3 is 2.46 bits per heavy atom. The monoisotopic (exact) mass is 472 g/mol. The van der Waals surface area contributed by atoms with Gasteiger partial charge < -0.3 is 0 Å². The van der Waals surface area contributed by atoms with Gasteiger partial charge in [-0.3, -0.25) is 13.9 Å². The minimum absolute atomic E-state index is 0.105. The molecule has 0 radical (unpaired) electrons. The average molecular weight is 473 g/mol. The molecule has 4 aromatic rings. The van der Waals surface area contributed by atoms with E-state index in [4.69, 9.17) is 0 Å². The van der Waals surface area contributed by atoms with E-state index in [0.717, 1.165) is 53.6 Å². The molecule has 0 atom stereocenters. The van der Waals surface area contributed by atoms with Gasteiger partial charge in [-0.25, -0.2) is 4.79 Å². The van der Waals surface area contributed by atoms with E-state index in [1.54, 1.807) is 20.1 Å². The number of para-hydroxylation sites is 1. The zero-order valence-electron chi connectivity index (χ0n) is 20.6. The van der Waals surface area contributed by atoms with E-state index >= 15 is 0 Å². The highest BCUT2D eigenvalue weighted by molar-refractivity contribution is 5.74. The van der Waals surface area contributed by atoms with E-state index in [0.29, 0.717) is 31.1 Å². The van der Waals surface area contributed by atoms with Crippen LogP contribution in [0.3, 0.4) is 0 Å². The van der Waals surface area contributed by atoms with E-state index in [1.165, 1.54) is 0 Å². The van der Waals surface area contributed by atoms with Crippen molar-refractivity contribution in [3.8, 4) is 16.8 Å². The zero-order valence-corrected chi connectivity index (χ0v) is 20.6. The van der Waals surface area contributed by atoms with Crippen molar-refractivity contribution in [3.63, 3.8) is 0 Å². The van der Waals surface area contributed by atoms with Crippen molar-refractivity contribution in [2.24, 2.45) is 5.92 Å². The van der Waals surface area contributed by atoms with Crippen LogP contribution in [0.25, 0.3) is 16.8 Å². The predicted octanol–water partition coefficient (Wildman–Crippen LogP) is 4.54. The standard InChI is InChI=1S/C27H32N6O2/c1-4-5-9-25-26(18-34)31(16-15-20(2)3)27(35)32(25)17-21-11-13-22(14-12-21)23-8-6-7-10-24(23)33-19-28-29-30-33/h6-8,10-14,18-20H,4-5,9,15-17H2,1-3H3. The van der Waals surface area contributed by atoms with Crippen LogP contribution in [-0.2, 0) is 19.5 Å². The summed E-state index contributed by atoms with van der Waals surface area (Å²) in [5.41, 5.74) is 5.19. The van der Waals surface area contributed by atoms with Crippen molar-refractivity contribution in [1.29, 1.82) is 0 Å².